The molecule has 1 aliphatic carbocycles. The number of carbonyl (C=O) groups excluding carboxylic acids is 2. The van der Waals surface area contributed by atoms with Crippen LogP contribution in [0.3, 0.4) is 0 Å². The first-order chi connectivity index (χ1) is 23.7. The number of methoxy groups -OCH3 is 1. The van der Waals surface area contributed by atoms with Gasteiger partial charge in [-0.25, -0.2) is 4.79 Å². The average molecular weight is 706 g/mol. The number of cyclic esters (lactones) is 1. The number of carbonyl (C=O) groups is 1. The zero-order valence-electron chi connectivity index (χ0n) is 31.5. The van der Waals surface area contributed by atoms with E-state index in [-0.39, 0.29) is 42.5 Å². The molecule has 0 radical (unpaired) electrons. The van der Waals surface area contributed by atoms with Crippen LogP contribution in [0.15, 0.2) is 36.0 Å². The lowest BCUT2D eigenvalue weighted by Crippen LogP contribution is -2.53. The zero-order valence-corrected chi connectivity index (χ0v) is 31.5. The minimum Gasteiger partial charge on any atom is -0.439 e. The van der Waals surface area contributed by atoms with Crippen LogP contribution in [-0.2, 0) is 18.9 Å². The van der Waals surface area contributed by atoms with Crippen LogP contribution in [0.25, 0.3) is 0 Å². The Morgan fingerprint density at radius 3 is 2.52 bits per heavy atom. The third-order valence-corrected chi connectivity index (χ3v) is 11.5. The first-order valence-electron chi connectivity index (χ1n) is 18.9. The summed E-state index contributed by atoms with van der Waals surface area (Å²) in [4.78, 5) is 28.6. The third kappa shape index (κ3) is 11.1. The van der Waals surface area contributed by atoms with Gasteiger partial charge in [0.2, 0.25) is 6.10 Å². The van der Waals surface area contributed by atoms with E-state index >= 15 is 0 Å². The fraction of sp³-hybridized carbons (Fsp3) is 0.795. The molecule has 2 saturated heterocycles. The monoisotopic (exact) mass is 705 g/mol. The van der Waals surface area contributed by atoms with Crippen molar-refractivity contribution in [1.29, 1.82) is 0 Å². The lowest BCUT2D eigenvalue weighted by Gasteiger charge is -2.40. The highest BCUT2D eigenvalue weighted by molar-refractivity contribution is 5.71. The first-order valence-corrected chi connectivity index (χ1v) is 18.9. The van der Waals surface area contributed by atoms with Gasteiger partial charge in [-0.15, -0.1) is 0 Å². The van der Waals surface area contributed by atoms with Gasteiger partial charge in [0, 0.05) is 57.6 Å². The van der Waals surface area contributed by atoms with Gasteiger partial charge in [-0.1, -0.05) is 57.9 Å². The van der Waals surface area contributed by atoms with Crippen LogP contribution in [-0.4, -0.2) is 129 Å². The Labute approximate surface area is 299 Å². The van der Waals surface area contributed by atoms with Crippen molar-refractivity contribution in [1.82, 2.24) is 9.80 Å². The molecule has 0 aromatic heterocycles. The number of hydrogen-bond donors (Lipinski definition) is 3. The molecule has 3 heterocycles. The van der Waals surface area contributed by atoms with Crippen LogP contribution in [0, 0.1) is 11.8 Å². The van der Waals surface area contributed by atoms with Crippen molar-refractivity contribution in [3.63, 3.8) is 0 Å². The highest BCUT2D eigenvalue weighted by Crippen LogP contribution is 2.38. The molecule has 0 aromatic rings. The standard InChI is InChI=1S/C39H64N2O9/c1-8-31(43)28(4)36-32(48-36)25-38(5,46)18-11-12-26(2)35-27(3)15-16-33(39(6,47-7)19-17-30(42)24-34(44)50-35)49-37(45)41-22-20-40(21-23-41)29-13-9-10-14-29/h11-12,15-16,18,27-33,35-36,42-43,46H,8-10,13-14,17,19-25H2,1-7H3/p+1/b16-15+,18-11+,26-12+. The summed E-state index contributed by atoms with van der Waals surface area (Å²) in [6.07, 6.45) is 12.6. The summed E-state index contributed by atoms with van der Waals surface area (Å²) in [6, 6.07) is 0.625. The van der Waals surface area contributed by atoms with Crippen LogP contribution in [0.4, 0.5) is 4.79 Å². The molecule has 0 spiro atoms. The summed E-state index contributed by atoms with van der Waals surface area (Å²) in [5.74, 6) is -0.529. The van der Waals surface area contributed by atoms with Crippen molar-refractivity contribution >= 4 is 12.1 Å². The average Bonchev–Trinajstić information content (AvgIpc) is 3.60. The highest BCUT2D eigenvalue weighted by Gasteiger charge is 2.47. The predicted octanol–water partition coefficient (Wildman–Crippen LogP) is 4.90. The van der Waals surface area contributed by atoms with Gasteiger partial charge in [0.15, 0.2) is 6.10 Å². The van der Waals surface area contributed by atoms with E-state index < -0.39 is 35.6 Å². The molecule has 3 aliphatic heterocycles. The van der Waals surface area contributed by atoms with Gasteiger partial charge in [-0.2, -0.15) is 0 Å². The van der Waals surface area contributed by atoms with Crippen molar-refractivity contribution in [2.45, 2.75) is 153 Å². The van der Waals surface area contributed by atoms with Gasteiger partial charge in [-0.3, -0.25) is 4.90 Å². The number of ether oxygens (including phenoxy) is 4. The Bertz CT molecular complexity index is 1210. The Morgan fingerprint density at radius 2 is 1.88 bits per heavy atom. The Morgan fingerprint density at radius 1 is 1.20 bits per heavy atom. The predicted molar refractivity (Wildman–Crippen MR) is 193 cm³/mol. The van der Waals surface area contributed by atoms with Crippen molar-refractivity contribution in [3.05, 3.63) is 36.0 Å². The van der Waals surface area contributed by atoms with Crippen LogP contribution < -0.4 is 0 Å². The summed E-state index contributed by atoms with van der Waals surface area (Å²) < 4.78 is 24.0. The highest BCUT2D eigenvalue weighted by atomic mass is 16.6. The molecular weight excluding hydrogens is 640 g/mol. The molecule has 1 saturated carbocycles. The van der Waals surface area contributed by atoms with E-state index in [4.69, 9.17) is 18.9 Å². The van der Waals surface area contributed by atoms with Crippen LogP contribution >= 0.6 is 0 Å². The fourth-order valence-corrected chi connectivity index (χ4v) is 7.75. The van der Waals surface area contributed by atoms with E-state index in [2.05, 4.69) is 4.90 Å². The number of rotatable bonds is 11. The summed E-state index contributed by atoms with van der Waals surface area (Å²) >= 11 is 0. The third-order valence-electron chi connectivity index (χ3n) is 11.5. The van der Waals surface area contributed by atoms with Crippen LogP contribution in [0.1, 0.15) is 99.3 Å². The summed E-state index contributed by atoms with van der Waals surface area (Å²) in [5, 5.41) is 32.1. The van der Waals surface area contributed by atoms with Crippen molar-refractivity contribution in [2.75, 3.05) is 33.3 Å². The maximum absolute atomic E-state index is 13.5. The van der Waals surface area contributed by atoms with E-state index in [0.29, 0.717) is 44.8 Å². The SMILES string of the molecule is CCC(O)C(C)C1OC1CC(C)(O)/C=C/C=C(\C)C1OC(=[OH+])CC(O)CCC(C)(OC)C(OC(=O)N2CCN(C3CCCC3)CC2)/C=C/C1C. The fourth-order valence-electron chi connectivity index (χ4n) is 7.75. The van der Waals surface area contributed by atoms with E-state index in [1.54, 1.807) is 31.1 Å². The Kier molecular flexibility index (Phi) is 14.6. The number of piperazine rings is 1. The van der Waals surface area contributed by atoms with E-state index in [1.807, 2.05) is 52.8 Å². The molecule has 11 nitrogen and oxygen atoms in total. The van der Waals surface area contributed by atoms with Gasteiger partial charge >= 0.3 is 12.1 Å². The van der Waals surface area contributed by atoms with Gasteiger partial charge in [0.1, 0.15) is 12.0 Å². The summed E-state index contributed by atoms with van der Waals surface area (Å²) in [5.41, 5.74) is -1.26. The number of allylic oxidation sites excluding steroid dienone is 2. The topological polar surface area (TPSA) is 146 Å². The quantitative estimate of drug-likeness (QED) is 0.0899. The Balaban J connectivity index is 1.45. The minimum atomic E-state index is -1.13. The molecule has 11 heteroatoms. The molecule has 50 heavy (non-hydrogen) atoms. The number of hydrogen-bond acceptors (Lipinski definition) is 9. The lowest BCUT2D eigenvalue weighted by atomic mass is 9.88. The molecule has 4 N–H and O–H groups in total. The molecule has 0 bridgehead atoms. The maximum atomic E-state index is 13.5. The van der Waals surface area contributed by atoms with Gasteiger partial charge in [-0.05, 0) is 64.5 Å². The normalized spacial score (nSPS) is 35.4. The molecule has 1 amide bonds. The number of epoxide rings is 1. The number of nitrogens with zero attached hydrogens (tertiary/aromatic N) is 2. The van der Waals surface area contributed by atoms with Crippen molar-refractivity contribution < 1.29 is 43.9 Å². The molecule has 10 atom stereocenters. The number of esters is 1. The number of amides is 1. The maximum Gasteiger partial charge on any atom is 0.485 e. The Hall–Kier alpha value is -2.28. The molecule has 4 rings (SSSR count). The number of aliphatic hydroxyl groups excluding tert-OH is 2. The second kappa shape index (κ2) is 18.0. The van der Waals surface area contributed by atoms with Gasteiger partial charge in [0.25, 0.3) is 0 Å². The minimum absolute atomic E-state index is 0.00372. The van der Waals surface area contributed by atoms with Crippen LogP contribution in [0.5, 0.6) is 0 Å². The molecule has 3 fully saturated rings. The summed E-state index contributed by atoms with van der Waals surface area (Å²) in [6.45, 7) is 14.3. The number of aliphatic hydroxyl groups is 3. The second-order valence-corrected chi connectivity index (χ2v) is 15.7. The first kappa shape index (κ1) is 40.5. The molecular formula is C39H65N2O9+. The van der Waals surface area contributed by atoms with Gasteiger partial charge < -0.3 is 44.0 Å². The zero-order chi connectivity index (χ0) is 36.6. The van der Waals surface area contributed by atoms with E-state index in [9.17, 15) is 24.9 Å². The molecule has 10 unspecified atom stereocenters. The van der Waals surface area contributed by atoms with E-state index in [0.717, 1.165) is 18.7 Å². The van der Waals surface area contributed by atoms with Crippen LogP contribution in [0.2, 0.25) is 0 Å². The molecule has 284 valence electrons. The van der Waals surface area contributed by atoms with Crippen molar-refractivity contribution in [2.24, 2.45) is 11.8 Å². The van der Waals surface area contributed by atoms with Gasteiger partial charge in [0.05, 0.1) is 30.0 Å². The van der Waals surface area contributed by atoms with Crippen molar-refractivity contribution in [3.8, 4) is 0 Å². The second-order valence-electron chi connectivity index (χ2n) is 15.7. The lowest BCUT2D eigenvalue weighted by molar-refractivity contribution is -0.0913. The van der Waals surface area contributed by atoms with E-state index in [1.165, 1.54) is 25.7 Å². The molecule has 0 aromatic carbocycles. The molecule has 4 aliphatic rings. The largest absolute Gasteiger partial charge is 0.485 e. The smallest absolute Gasteiger partial charge is 0.439 e. The summed E-state index contributed by atoms with van der Waals surface area (Å²) in [7, 11) is 1.59.